The van der Waals surface area contributed by atoms with Crippen LogP contribution in [0.3, 0.4) is 0 Å². The molecule has 0 amide bonds. The molecule has 0 fully saturated rings. The molecule has 1 aromatic rings. The van der Waals surface area contributed by atoms with Gasteiger partial charge in [0.25, 0.3) is 0 Å². The minimum absolute atomic E-state index is 0.244. The van der Waals surface area contributed by atoms with Gasteiger partial charge in [-0.25, -0.2) is 4.98 Å². The number of alkyl halides is 3. The van der Waals surface area contributed by atoms with Crippen molar-refractivity contribution in [2.45, 2.75) is 31.5 Å². The van der Waals surface area contributed by atoms with Crippen molar-refractivity contribution < 1.29 is 13.2 Å². The Morgan fingerprint density at radius 2 is 2.06 bits per heavy atom. The van der Waals surface area contributed by atoms with Crippen molar-refractivity contribution >= 4 is 0 Å². The highest BCUT2D eigenvalue weighted by atomic mass is 19.4. The SMILES string of the molecule is CNC1(C)CCc2nc(C(F)(F)F)ccc21. The second-order valence-electron chi connectivity index (χ2n) is 4.27. The molecule has 16 heavy (non-hydrogen) atoms. The van der Waals surface area contributed by atoms with E-state index >= 15 is 0 Å². The van der Waals surface area contributed by atoms with Crippen LogP contribution in [-0.4, -0.2) is 12.0 Å². The fourth-order valence-corrected chi connectivity index (χ4v) is 2.11. The third-order valence-electron chi connectivity index (χ3n) is 3.27. The van der Waals surface area contributed by atoms with E-state index in [2.05, 4.69) is 10.3 Å². The van der Waals surface area contributed by atoms with Gasteiger partial charge in [0.2, 0.25) is 0 Å². The topological polar surface area (TPSA) is 24.9 Å². The fraction of sp³-hybridized carbons (Fsp3) is 0.545. The molecular weight excluding hydrogens is 217 g/mol. The van der Waals surface area contributed by atoms with Crippen molar-refractivity contribution in [2.75, 3.05) is 7.05 Å². The smallest absolute Gasteiger partial charge is 0.311 e. The number of aromatic nitrogens is 1. The molecule has 1 heterocycles. The largest absolute Gasteiger partial charge is 0.433 e. The highest BCUT2D eigenvalue weighted by molar-refractivity contribution is 5.35. The number of hydrogen-bond donors (Lipinski definition) is 1. The van der Waals surface area contributed by atoms with Gasteiger partial charge in [-0.1, -0.05) is 6.07 Å². The quantitative estimate of drug-likeness (QED) is 0.801. The zero-order chi connectivity index (χ0) is 12.0. The summed E-state index contributed by atoms with van der Waals surface area (Å²) >= 11 is 0. The van der Waals surface area contributed by atoms with Crippen molar-refractivity contribution in [3.63, 3.8) is 0 Å². The van der Waals surface area contributed by atoms with Gasteiger partial charge in [0.05, 0.1) is 0 Å². The van der Waals surface area contributed by atoms with E-state index in [-0.39, 0.29) is 5.54 Å². The van der Waals surface area contributed by atoms with E-state index < -0.39 is 11.9 Å². The van der Waals surface area contributed by atoms with E-state index in [1.807, 2.05) is 14.0 Å². The molecule has 1 aromatic heterocycles. The summed E-state index contributed by atoms with van der Waals surface area (Å²) < 4.78 is 37.4. The Bertz CT molecular complexity index is 414. The van der Waals surface area contributed by atoms with Crippen LogP contribution < -0.4 is 5.32 Å². The number of rotatable bonds is 1. The van der Waals surface area contributed by atoms with Crippen LogP contribution >= 0.6 is 0 Å². The molecule has 2 rings (SSSR count). The first kappa shape index (κ1) is 11.4. The van der Waals surface area contributed by atoms with Crippen molar-refractivity contribution in [1.29, 1.82) is 0 Å². The van der Waals surface area contributed by atoms with Crippen LogP contribution in [0.5, 0.6) is 0 Å². The van der Waals surface area contributed by atoms with E-state index in [1.54, 1.807) is 0 Å². The van der Waals surface area contributed by atoms with Crippen molar-refractivity contribution in [3.8, 4) is 0 Å². The zero-order valence-corrected chi connectivity index (χ0v) is 9.15. The van der Waals surface area contributed by atoms with Crippen LogP contribution in [-0.2, 0) is 18.1 Å². The van der Waals surface area contributed by atoms with Gasteiger partial charge in [0, 0.05) is 11.2 Å². The van der Waals surface area contributed by atoms with Crippen LogP contribution in [0.4, 0.5) is 13.2 Å². The van der Waals surface area contributed by atoms with E-state index in [9.17, 15) is 13.2 Å². The number of aryl methyl sites for hydroxylation is 1. The Hall–Kier alpha value is -1.10. The summed E-state index contributed by atoms with van der Waals surface area (Å²) in [5.41, 5.74) is 0.396. The predicted molar refractivity (Wildman–Crippen MR) is 54.0 cm³/mol. The highest BCUT2D eigenvalue weighted by Crippen LogP contribution is 2.37. The molecule has 0 saturated carbocycles. The van der Waals surface area contributed by atoms with E-state index in [1.165, 1.54) is 6.07 Å². The van der Waals surface area contributed by atoms with Crippen LogP contribution in [0.25, 0.3) is 0 Å². The molecule has 0 radical (unpaired) electrons. The van der Waals surface area contributed by atoms with Crippen LogP contribution in [0.1, 0.15) is 30.3 Å². The third kappa shape index (κ3) is 1.69. The summed E-state index contributed by atoms with van der Waals surface area (Å²) in [4.78, 5) is 3.70. The molecule has 1 unspecified atom stereocenters. The Morgan fingerprint density at radius 1 is 1.38 bits per heavy atom. The lowest BCUT2D eigenvalue weighted by molar-refractivity contribution is -0.141. The first-order valence-corrected chi connectivity index (χ1v) is 5.13. The summed E-state index contributed by atoms with van der Waals surface area (Å²) in [6.07, 6.45) is -2.97. The van der Waals surface area contributed by atoms with Crippen LogP contribution in [0.15, 0.2) is 12.1 Å². The van der Waals surface area contributed by atoms with Gasteiger partial charge in [0.15, 0.2) is 0 Å². The average molecular weight is 230 g/mol. The van der Waals surface area contributed by atoms with Gasteiger partial charge in [-0.2, -0.15) is 13.2 Å². The lowest BCUT2D eigenvalue weighted by Gasteiger charge is -2.24. The number of fused-ring (bicyclic) bond motifs is 1. The van der Waals surface area contributed by atoms with Crippen molar-refractivity contribution in [3.05, 3.63) is 29.1 Å². The molecule has 0 spiro atoms. The van der Waals surface area contributed by atoms with Gasteiger partial charge in [-0.15, -0.1) is 0 Å². The molecule has 1 atom stereocenters. The third-order valence-corrected chi connectivity index (χ3v) is 3.27. The number of nitrogens with one attached hydrogen (secondary N) is 1. The van der Waals surface area contributed by atoms with E-state index in [0.29, 0.717) is 12.1 Å². The summed E-state index contributed by atoms with van der Waals surface area (Å²) in [5.74, 6) is 0. The van der Waals surface area contributed by atoms with Gasteiger partial charge in [0.1, 0.15) is 5.69 Å². The lowest BCUT2D eigenvalue weighted by Crippen LogP contribution is -2.34. The molecule has 1 aliphatic rings. The van der Waals surface area contributed by atoms with Crippen LogP contribution in [0, 0.1) is 0 Å². The molecule has 0 aromatic carbocycles. The number of pyridine rings is 1. The molecule has 5 heteroatoms. The maximum atomic E-state index is 12.5. The molecule has 88 valence electrons. The van der Waals surface area contributed by atoms with E-state index in [4.69, 9.17) is 0 Å². The maximum Gasteiger partial charge on any atom is 0.433 e. The molecular formula is C11H13F3N2. The molecule has 1 aliphatic carbocycles. The minimum Gasteiger partial charge on any atom is -0.311 e. The number of hydrogen-bond acceptors (Lipinski definition) is 2. The molecule has 1 N–H and O–H groups in total. The Kier molecular flexibility index (Phi) is 2.45. The standard InChI is InChI=1S/C11H13F3N2/c1-10(15-2)6-5-8-7(10)3-4-9(16-8)11(12,13)14/h3-4,15H,5-6H2,1-2H3. The summed E-state index contributed by atoms with van der Waals surface area (Å²) in [6.45, 7) is 1.98. The Balaban J connectivity index is 2.45. The minimum atomic E-state index is -4.35. The van der Waals surface area contributed by atoms with Crippen molar-refractivity contribution in [2.24, 2.45) is 0 Å². The second-order valence-corrected chi connectivity index (χ2v) is 4.27. The summed E-state index contributed by atoms with van der Waals surface area (Å²) in [5, 5.41) is 3.13. The summed E-state index contributed by atoms with van der Waals surface area (Å²) in [6, 6.07) is 2.59. The monoisotopic (exact) mass is 230 g/mol. The molecule has 0 bridgehead atoms. The van der Waals surface area contributed by atoms with Gasteiger partial charge in [-0.3, -0.25) is 0 Å². The number of nitrogens with zero attached hydrogens (tertiary/aromatic N) is 1. The van der Waals surface area contributed by atoms with Crippen LogP contribution in [0.2, 0.25) is 0 Å². The summed E-state index contributed by atoms with van der Waals surface area (Å²) in [7, 11) is 1.81. The average Bonchev–Trinajstić information content (AvgIpc) is 2.56. The fourth-order valence-electron chi connectivity index (χ4n) is 2.11. The van der Waals surface area contributed by atoms with Gasteiger partial charge >= 0.3 is 6.18 Å². The van der Waals surface area contributed by atoms with E-state index in [0.717, 1.165) is 18.1 Å². The van der Waals surface area contributed by atoms with Crippen molar-refractivity contribution in [1.82, 2.24) is 10.3 Å². The second kappa shape index (κ2) is 3.45. The first-order chi connectivity index (χ1) is 7.37. The lowest BCUT2D eigenvalue weighted by atomic mass is 9.95. The van der Waals surface area contributed by atoms with Gasteiger partial charge in [-0.05, 0) is 38.4 Å². The molecule has 0 aliphatic heterocycles. The first-order valence-electron chi connectivity index (χ1n) is 5.13. The molecule has 2 nitrogen and oxygen atoms in total. The Morgan fingerprint density at radius 3 is 2.62 bits per heavy atom. The Labute approximate surface area is 91.9 Å². The molecule has 0 saturated heterocycles. The predicted octanol–water partition coefficient (Wildman–Crippen LogP) is 2.48. The maximum absolute atomic E-state index is 12.5. The highest BCUT2D eigenvalue weighted by Gasteiger charge is 2.38. The zero-order valence-electron chi connectivity index (χ0n) is 9.15. The van der Waals surface area contributed by atoms with Gasteiger partial charge < -0.3 is 5.32 Å². The number of halogens is 3. The normalized spacial score (nSPS) is 24.6.